The summed E-state index contributed by atoms with van der Waals surface area (Å²) in [5, 5.41) is 14.5. The molecule has 0 aromatic rings. The van der Waals surface area contributed by atoms with Crippen LogP contribution in [0.2, 0.25) is 0 Å². The Bertz CT molecular complexity index is 287. The monoisotopic (exact) mass is 242 g/mol. The molecule has 1 atom stereocenters. The van der Waals surface area contributed by atoms with Crippen LogP contribution in [0.25, 0.3) is 0 Å². The first kappa shape index (κ1) is 13.8. The lowest BCUT2D eigenvalue weighted by Crippen LogP contribution is -2.58. The van der Waals surface area contributed by atoms with Gasteiger partial charge in [-0.15, -0.1) is 0 Å². The zero-order valence-corrected chi connectivity index (χ0v) is 10.6. The summed E-state index contributed by atoms with van der Waals surface area (Å²) in [6.45, 7) is 4.02. The molecule has 1 rings (SSSR count). The van der Waals surface area contributed by atoms with Crippen molar-refractivity contribution in [2.24, 2.45) is 0 Å². The molecular formula is C12H22N2O3. The first-order valence-corrected chi connectivity index (χ1v) is 6.28. The molecule has 0 radical (unpaired) electrons. The van der Waals surface area contributed by atoms with Crippen molar-refractivity contribution in [2.45, 2.75) is 64.0 Å². The van der Waals surface area contributed by atoms with Crippen LogP contribution in [0.4, 0.5) is 4.79 Å². The lowest BCUT2D eigenvalue weighted by atomic mass is 9.74. The minimum absolute atomic E-state index is 0.0164. The van der Waals surface area contributed by atoms with Crippen molar-refractivity contribution in [1.29, 1.82) is 0 Å². The fourth-order valence-electron chi connectivity index (χ4n) is 2.24. The number of carboxylic acids is 1. The number of urea groups is 1. The fraction of sp³-hybridized carbons (Fsp3) is 0.833. The van der Waals surface area contributed by atoms with Gasteiger partial charge in [-0.3, -0.25) is 4.79 Å². The first-order valence-electron chi connectivity index (χ1n) is 6.28. The summed E-state index contributed by atoms with van der Waals surface area (Å²) in [5.74, 6) is -0.855. The number of nitrogens with one attached hydrogen (secondary N) is 2. The number of rotatable bonds is 6. The molecule has 5 nitrogen and oxygen atoms in total. The molecule has 0 aromatic heterocycles. The molecule has 0 aliphatic heterocycles. The maximum Gasteiger partial charge on any atom is 0.315 e. The molecule has 5 heteroatoms. The van der Waals surface area contributed by atoms with E-state index in [0.29, 0.717) is 0 Å². The highest BCUT2D eigenvalue weighted by Crippen LogP contribution is 2.34. The van der Waals surface area contributed by atoms with Crippen molar-refractivity contribution in [2.75, 3.05) is 0 Å². The van der Waals surface area contributed by atoms with Gasteiger partial charge in [0.2, 0.25) is 0 Å². The third-order valence-electron chi connectivity index (χ3n) is 3.28. The topological polar surface area (TPSA) is 78.4 Å². The Kier molecular flexibility index (Phi) is 4.78. The van der Waals surface area contributed by atoms with Crippen LogP contribution in [-0.4, -0.2) is 28.7 Å². The number of carbonyl (C=O) groups is 2. The Balaban J connectivity index is 2.40. The van der Waals surface area contributed by atoms with Gasteiger partial charge < -0.3 is 15.7 Å². The van der Waals surface area contributed by atoms with E-state index in [-0.39, 0.29) is 18.5 Å². The number of hydrogen-bond donors (Lipinski definition) is 3. The standard InChI is InChI=1S/C12H22N2O3/c1-3-5-9(2)13-11(17)14-12(6-4-7-12)8-10(15)16/h9H,3-8H2,1-2H3,(H,15,16)(H2,13,14,17). The van der Waals surface area contributed by atoms with Crippen LogP contribution in [0.3, 0.4) is 0 Å². The Labute approximate surface area is 102 Å². The normalized spacial score (nSPS) is 18.9. The summed E-state index contributed by atoms with van der Waals surface area (Å²) < 4.78 is 0. The van der Waals surface area contributed by atoms with Crippen LogP contribution < -0.4 is 10.6 Å². The second kappa shape index (κ2) is 5.89. The zero-order chi connectivity index (χ0) is 12.9. The van der Waals surface area contributed by atoms with Crippen molar-refractivity contribution >= 4 is 12.0 Å². The van der Waals surface area contributed by atoms with Gasteiger partial charge >= 0.3 is 12.0 Å². The van der Waals surface area contributed by atoms with Gasteiger partial charge in [-0.25, -0.2) is 4.79 Å². The molecule has 17 heavy (non-hydrogen) atoms. The van der Waals surface area contributed by atoms with Gasteiger partial charge in [-0.2, -0.15) is 0 Å². The molecule has 3 N–H and O–H groups in total. The van der Waals surface area contributed by atoms with E-state index in [1.54, 1.807) is 0 Å². The molecule has 0 bridgehead atoms. The largest absolute Gasteiger partial charge is 0.481 e. The van der Waals surface area contributed by atoms with Crippen molar-refractivity contribution in [3.8, 4) is 0 Å². The summed E-state index contributed by atoms with van der Waals surface area (Å²) in [5.41, 5.74) is -0.512. The van der Waals surface area contributed by atoms with Crippen LogP contribution in [0.5, 0.6) is 0 Å². The van der Waals surface area contributed by atoms with Gasteiger partial charge in [0.15, 0.2) is 0 Å². The molecule has 0 spiro atoms. The molecule has 2 amide bonds. The Morgan fingerprint density at radius 3 is 2.47 bits per heavy atom. The van der Waals surface area contributed by atoms with E-state index in [2.05, 4.69) is 17.6 Å². The van der Waals surface area contributed by atoms with Gasteiger partial charge in [0.25, 0.3) is 0 Å². The van der Waals surface area contributed by atoms with Crippen LogP contribution in [-0.2, 0) is 4.79 Å². The van der Waals surface area contributed by atoms with Crippen molar-refractivity contribution in [1.82, 2.24) is 10.6 Å². The van der Waals surface area contributed by atoms with Crippen LogP contribution in [0.15, 0.2) is 0 Å². The Hall–Kier alpha value is -1.26. The summed E-state index contributed by atoms with van der Waals surface area (Å²) in [6, 6.07) is -0.117. The van der Waals surface area contributed by atoms with E-state index in [1.807, 2.05) is 6.92 Å². The average molecular weight is 242 g/mol. The predicted octanol–water partition coefficient (Wildman–Crippen LogP) is 1.87. The predicted molar refractivity (Wildman–Crippen MR) is 64.9 cm³/mol. The van der Waals surface area contributed by atoms with E-state index in [0.717, 1.165) is 32.1 Å². The van der Waals surface area contributed by atoms with Gasteiger partial charge in [-0.05, 0) is 32.6 Å². The number of carbonyl (C=O) groups excluding carboxylic acids is 1. The van der Waals surface area contributed by atoms with E-state index in [1.165, 1.54) is 0 Å². The summed E-state index contributed by atoms with van der Waals surface area (Å²) in [6.07, 6.45) is 4.46. The summed E-state index contributed by atoms with van der Waals surface area (Å²) >= 11 is 0. The second-order valence-electron chi connectivity index (χ2n) is 4.99. The maximum absolute atomic E-state index is 11.7. The van der Waals surface area contributed by atoms with Crippen molar-refractivity contribution in [3.05, 3.63) is 0 Å². The smallest absolute Gasteiger partial charge is 0.315 e. The molecule has 1 aliphatic rings. The minimum atomic E-state index is -0.855. The SMILES string of the molecule is CCCC(C)NC(=O)NC1(CC(=O)O)CCC1. The van der Waals surface area contributed by atoms with E-state index in [9.17, 15) is 9.59 Å². The minimum Gasteiger partial charge on any atom is -0.481 e. The Morgan fingerprint density at radius 2 is 2.06 bits per heavy atom. The highest BCUT2D eigenvalue weighted by atomic mass is 16.4. The number of aliphatic carboxylic acids is 1. The second-order valence-corrected chi connectivity index (χ2v) is 4.99. The summed E-state index contributed by atoms with van der Waals surface area (Å²) in [7, 11) is 0. The van der Waals surface area contributed by atoms with Gasteiger partial charge in [0.05, 0.1) is 12.0 Å². The molecule has 0 saturated heterocycles. The number of hydrogen-bond acceptors (Lipinski definition) is 2. The van der Waals surface area contributed by atoms with Crippen LogP contribution in [0.1, 0.15) is 52.4 Å². The first-order chi connectivity index (χ1) is 7.97. The lowest BCUT2D eigenvalue weighted by Gasteiger charge is -2.41. The molecule has 0 aromatic carbocycles. The molecule has 1 aliphatic carbocycles. The van der Waals surface area contributed by atoms with Gasteiger partial charge in [-0.1, -0.05) is 13.3 Å². The average Bonchev–Trinajstić information content (AvgIpc) is 2.13. The quantitative estimate of drug-likeness (QED) is 0.665. The lowest BCUT2D eigenvalue weighted by molar-refractivity contribution is -0.139. The molecule has 98 valence electrons. The van der Waals surface area contributed by atoms with E-state index >= 15 is 0 Å². The molecular weight excluding hydrogens is 220 g/mol. The zero-order valence-electron chi connectivity index (χ0n) is 10.6. The number of carboxylic acid groups (broad SMARTS) is 1. The molecule has 1 unspecified atom stereocenters. The third kappa shape index (κ3) is 4.24. The molecule has 0 heterocycles. The third-order valence-corrected chi connectivity index (χ3v) is 3.28. The van der Waals surface area contributed by atoms with Crippen LogP contribution >= 0.6 is 0 Å². The van der Waals surface area contributed by atoms with Gasteiger partial charge in [0.1, 0.15) is 0 Å². The maximum atomic E-state index is 11.7. The van der Waals surface area contributed by atoms with E-state index < -0.39 is 11.5 Å². The highest BCUT2D eigenvalue weighted by Gasteiger charge is 2.40. The highest BCUT2D eigenvalue weighted by molar-refractivity contribution is 5.77. The van der Waals surface area contributed by atoms with E-state index in [4.69, 9.17) is 5.11 Å². The van der Waals surface area contributed by atoms with Crippen molar-refractivity contribution in [3.63, 3.8) is 0 Å². The number of amides is 2. The molecule has 1 saturated carbocycles. The van der Waals surface area contributed by atoms with Crippen molar-refractivity contribution < 1.29 is 14.7 Å². The summed E-state index contributed by atoms with van der Waals surface area (Å²) in [4.78, 5) is 22.4. The fourth-order valence-corrected chi connectivity index (χ4v) is 2.24. The molecule has 1 fully saturated rings. The van der Waals surface area contributed by atoms with Gasteiger partial charge in [0, 0.05) is 6.04 Å². The Morgan fingerprint density at radius 1 is 1.41 bits per heavy atom. The van der Waals surface area contributed by atoms with Crippen LogP contribution in [0, 0.1) is 0 Å².